The number of furan rings is 1. The minimum absolute atomic E-state index is 0.154. The Balaban J connectivity index is 2.13. The van der Waals surface area contributed by atoms with E-state index in [0.717, 1.165) is 0 Å². The van der Waals surface area contributed by atoms with Crippen LogP contribution in [0.3, 0.4) is 0 Å². The van der Waals surface area contributed by atoms with Crippen LogP contribution in [0.15, 0.2) is 46.1 Å². The fourth-order valence-electron chi connectivity index (χ4n) is 1.44. The molecule has 0 atom stereocenters. The van der Waals surface area contributed by atoms with Crippen molar-refractivity contribution in [2.45, 2.75) is 6.92 Å². The summed E-state index contributed by atoms with van der Waals surface area (Å²) in [6.45, 7) is 1.65. The lowest BCUT2D eigenvalue weighted by atomic mass is 10.1. The molecule has 0 aliphatic rings. The van der Waals surface area contributed by atoms with E-state index in [1.54, 1.807) is 13.0 Å². The van der Waals surface area contributed by atoms with Gasteiger partial charge in [0.2, 0.25) is 0 Å². The number of nitrogens with zero attached hydrogens (tertiary/aromatic N) is 1. The van der Waals surface area contributed by atoms with Crippen LogP contribution in [-0.2, 0) is 0 Å². The number of halogens is 2. The standard InChI is InChI=1S/C13H10ClFN2O2/c1-8(10-5-4-9(15)7-11(10)14)16-17-13(18)12-3-2-6-19-12/h2-7H,1H3,(H,17,18)/b16-8-. The van der Waals surface area contributed by atoms with Crippen LogP contribution in [0.5, 0.6) is 0 Å². The van der Waals surface area contributed by atoms with Crippen LogP contribution < -0.4 is 5.43 Å². The third kappa shape index (κ3) is 3.20. The molecule has 0 unspecified atom stereocenters. The zero-order chi connectivity index (χ0) is 13.8. The van der Waals surface area contributed by atoms with Crippen molar-refractivity contribution in [2.24, 2.45) is 5.10 Å². The molecule has 1 N–H and O–H groups in total. The van der Waals surface area contributed by atoms with Crippen LogP contribution in [0.1, 0.15) is 23.0 Å². The maximum absolute atomic E-state index is 12.9. The van der Waals surface area contributed by atoms with E-state index in [4.69, 9.17) is 16.0 Å². The molecular formula is C13H10ClFN2O2. The number of carbonyl (C=O) groups is 1. The minimum atomic E-state index is -0.470. The van der Waals surface area contributed by atoms with Crippen LogP contribution in [0.2, 0.25) is 5.02 Å². The van der Waals surface area contributed by atoms with Crippen molar-refractivity contribution < 1.29 is 13.6 Å². The molecule has 0 aliphatic carbocycles. The van der Waals surface area contributed by atoms with E-state index < -0.39 is 11.7 Å². The summed E-state index contributed by atoms with van der Waals surface area (Å²) in [4.78, 5) is 11.6. The summed E-state index contributed by atoms with van der Waals surface area (Å²) in [7, 11) is 0. The fourth-order valence-corrected chi connectivity index (χ4v) is 1.74. The first-order chi connectivity index (χ1) is 9.08. The van der Waals surface area contributed by atoms with Gasteiger partial charge in [-0.3, -0.25) is 4.79 Å². The molecule has 4 nitrogen and oxygen atoms in total. The van der Waals surface area contributed by atoms with Crippen molar-refractivity contribution in [1.29, 1.82) is 0 Å². The van der Waals surface area contributed by atoms with Crippen molar-refractivity contribution in [2.75, 3.05) is 0 Å². The highest BCUT2D eigenvalue weighted by molar-refractivity contribution is 6.34. The first-order valence-corrected chi connectivity index (χ1v) is 5.79. The summed E-state index contributed by atoms with van der Waals surface area (Å²) in [5.41, 5.74) is 3.34. The van der Waals surface area contributed by atoms with Crippen molar-refractivity contribution >= 4 is 23.2 Å². The Morgan fingerprint density at radius 3 is 2.84 bits per heavy atom. The number of benzene rings is 1. The second-order valence-electron chi connectivity index (χ2n) is 3.74. The molecule has 2 rings (SSSR count). The average molecular weight is 281 g/mol. The Morgan fingerprint density at radius 2 is 2.21 bits per heavy atom. The van der Waals surface area contributed by atoms with Gasteiger partial charge in [0.25, 0.3) is 0 Å². The Bertz CT molecular complexity index is 624. The van der Waals surface area contributed by atoms with Crippen LogP contribution >= 0.6 is 11.6 Å². The van der Waals surface area contributed by atoms with Gasteiger partial charge in [-0.2, -0.15) is 5.10 Å². The molecular weight excluding hydrogens is 271 g/mol. The molecule has 0 saturated carbocycles. The summed E-state index contributed by atoms with van der Waals surface area (Å²) in [5.74, 6) is -0.745. The van der Waals surface area contributed by atoms with Crippen LogP contribution in [0.25, 0.3) is 0 Å². The number of nitrogens with one attached hydrogen (secondary N) is 1. The molecule has 1 aromatic heterocycles. The van der Waals surface area contributed by atoms with Crippen LogP contribution in [-0.4, -0.2) is 11.6 Å². The first-order valence-electron chi connectivity index (χ1n) is 5.41. The topological polar surface area (TPSA) is 54.6 Å². The molecule has 1 heterocycles. The highest BCUT2D eigenvalue weighted by Gasteiger charge is 2.09. The highest BCUT2D eigenvalue weighted by atomic mass is 35.5. The summed E-state index contributed by atoms with van der Waals surface area (Å²) >= 11 is 5.89. The zero-order valence-corrected chi connectivity index (χ0v) is 10.7. The van der Waals surface area contributed by atoms with Crippen molar-refractivity contribution in [3.63, 3.8) is 0 Å². The van der Waals surface area contributed by atoms with Gasteiger partial charge in [-0.05, 0) is 37.3 Å². The van der Waals surface area contributed by atoms with Crippen LogP contribution in [0, 0.1) is 5.82 Å². The maximum Gasteiger partial charge on any atom is 0.307 e. The van der Waals surface area contributed by atoms with E-state index in [-0.39, 0.29) is 10.8 Å². The molecule has 0 aliphatic heterocycles. The van der Waals surface area contributed by atoms with E-state index >= 15 is 0 Å². The molecule has 98 valence electrons. The van der Waals surface area contributed by atoms with Gasteiger partial charge in [-0.1, -0.05) is 11.6 Å². The van der Waals surface area contributed by atoms with E-state index in [2.05, 4.69) is 10.5 Å². The average Bonchev–Trinajstić information content (AvgIpc) is 2.89. The molecule has 0 spiro atoms. The molecule has 0 saturated heterocycles. The van der Waals surface area contributed by atoms with Crippen molar-refractivity contribution in [1.82, 2.24) is 5.43 Å². The largest absolute Gasteiger partial charge is 0.459 e. The number of rotatable bonds is 3. The van der Waals surface area contributed by atoms with Crippen molar-refractivity contribution in [3.05, 3.63) is 58.8 Å². The highest BCUT2D eigenvalue weighted by Crippen LogP contribution is 2.17. The lowest BCUT2D eigenvalue weighted by Gasteiger charge is -2.04. The predicted molar refractivity (Wildman–Crippen MR) is 69.8 cm³/mol. The van der Waals surface area contributed by atoms with Gasteiger partial charge in [-0.15, -0.1) is 0 Å². The number of hydrogen-bond acceptors (Lipinski definition) is 3. The summed E-state index contributed by atoms with van der Waals surface area (Å²) in [6.07, 6.45) is 1.39. The third-order valence-corrected chi connectivity index (χ3v) is 2.70. The zero-order valence-electron chi connectivity index (χ0n) is 9.98. The number of carbonyl (C=O) groups excluding carboxylic acids is 1. The number of hydrazone groups is 1. The van der Waals surface area contributed by atoms with Gasteiger partial charge in [0.05, 0.1) is 17.0 Å². The van der Waals surface area contributed by atoms with Gasteiger partial charge in [0, 0.05) is 5.56 Å². The fraction of sp³-hybridized carbons (Fsp3) is 0.0769. The smallest absolute Gasteiger partial charge is 0.307 e. The quantitative estimate of drug-likeness (QED) is 0.693. The lowest BCUT2D eigenvalue weighted by Crippen LogP contribution is -2.18. The Labute approximate surface area is 113 Å². The maximum atomic E-state index is 12.9. The molecule has 6 heteroatoms. The molecule has 0 radical (unpaired) electrons. The molecule has 2 aromatic rings. The van der Waals surface area contributed by atoms with Gasteiger partial charge in [0.15, 0.2) is 5.76 Å². The number of hydrogen-bond donors (Lipinski definition) is 1. The number of amides is 1. The third-order valence-electron chi connectivity index (χ3n) is 2.39. The van der Waals surface area contributed by atoms with Gasteiger partial charge >= 0.3 is 5.91 Å². The molecule has 1 amide bonds. The van der Waals surface area contributed by atoms with Gasteiger partial charge in [-0.25, -0.2) is 9.82 Å². The Kier molecular flexibility index (Phi) is 3.97. The summed E-state index contributed by atoms with van der Waals surface area (Å²) in [6, 6.07) is 7.07. The SMILES string of the molecule is C/C(=N/NC(=O)c1ccco1)c1ccc(F)cc1Cl. The van der Waals surface area contributed by atoms with Gasteiger partial charge < -0.3 is 4.42 Å². The van der Waals surface area contributed by atoms with E-state index in [1.807, 2.05) is 0 Å². The molecule has 19 heavy (non-hydrogen) atoms. The van der Waals surface area contributed by atoms with E-state index in [0.29, 0.717) is 11.3 Å². The molecule has 1 aromatic carbocycles. The molecule has 0 fully saturated rings. The Morgan fingerprint density at radius 1 is 1.42 bits per heavy atom. The normalized spacial score (nSPS) is 11.4. The second kappa shape index (κ2) is 5.67. The van der Waals surface area contributed by atoms with Crippen LogP contribution in [0.4, 0.5) is 4.39 Å². The Hall–Kier alpha value is -2.14. The minimum Gasteiger partial charge on any atom is -0.459 e. The summed E-state index contributed by atoms with van der Waals surface area (Å²) < 4.78 is 17.8. The van der Waals surface area contributed by atoms with E-state index in [9.17, 15) is 9.18 Å². The van der Waals surface area contributed by atoms with Crippen molar-refractivity contribution in [3.8, 4) is 0 Å². The predicted octanol–water partition coefficient (Wildman–Crippen LogP) is 3.23. The summed E-state index contributed by atoms with van der Waals surface area (Å²) in [5, 5.41) is 4.12. The first kappa shape index (κ1) is 13.3. The van der Waals surface area contributed by atoms with E-state index in [1.165, 1.54) is 30.5 Å². The van der Waals surface area contributed by atoms with Gasteiger partial charge in [0.1, 0.15) is 5.82 Å². The monoisotopic (exact) mass is 280 g/mol. The lowest BCUT2D eigenvalue weighted by molar-refractivity contribution is 0.0927. The molecule has 0 bridgehead atoms. The second-order valence-corrected chi connectivity index (χ2v) is 4.15.